The van der Waals surface area contributed by atoms with Gasteiger partial charge in [0.05, 0.1) is 6.42 Å². The Morgan fingerprint density at radius 1 is 1.75 bits per heavy atom. The van der Waals surface area contributed by atoms with Crippen molar-refractivity contribution in [1.82, 2.24) is 0 Å². The molecule has 1 N–H and O–H groups in total. The number of carboxylic acids is 1. The molecule has 0 heterocycles. The van der Waals surface area contributed by atoms with Crippen LogP contribution in [0.5, 0.6) is 0 Å². The van der Waals surface area contributed by atoms with Crippen LogP contribution < -0.4 is 0 Å². The maximum Gasteiger partial charge on any atom is 0.307 e. The van der Waals surface area contributed by atoms with Crippen LogP contribution >= 0.6 is 25.3 Å². The summed E-state index contributed by atoms with van der Waals surface area (Å²) in [6.07, 6.45) is 1.52. The SMILES string of the molecule is O=C(O)[CH]CC(S)S. The molecule has 0 amide bonds. The minimum Gasteiger partial charge on any atom is -0.481 e. The molecular weight excluding hydrogens is 144 g/mol. The number of hydrogen-bond donors (Lipinski definition) is 3. The highest BCUT2D eigenvalue weighted by Crippen LogP contribution is 2.06. The van der Waals surface area contributed by atoms with Gasteiger partial charge in [-0.25, -0.2) is 0 Å². The van der Waals surface area contributed by atoms with Crippen LogP contribution in [0.4, 0.5) is 0 Å². The second-order valence-electron chi connectivity index (χ2n) is 1.26. The second-order valence-corrected chi connectivity index (χ2v) is 2.91. The van der Waals surface area contributed by atoms with E-state index in [0.717, 1.165) is 6.42 Å². The first kappa shape index (κ1) is 8.17. The van der Waals surface area contributed by atoms with Gasteiger partial charge in [0.1, 0.15) is 0 Å². The third-order valence-electron chi connectivity index (χ3n) is 0.503. The molecular formula is C4H7O2S2. The Hall–Kier alpha value is 0.170. The first-order chi connectivity index (χ1) is 3.63. The monoisotopic (exact) mass is 151 g/mol. The first-order valence-electron chi connectivity index (χ1n) is 2.05. The van der Waals surface area contributed by atoms with E-state index in [4.69, 9.17) is 5.11 Å². The fourth-order valence-electron chi connectivity index (χ4n) is 0.206. The van der Waals surface area contributed by atoms with Crippen molar-refractivity contribution in [3.63, 3.8) is 0 Å². The molecule has 0 aromatic rings. The molecule has 0 spiro atoms. The Morgan fingerprint density at radius 2 is 2.25 bits per heavy atom. The van der Waals surface area contributed by atoms with E-state index < -0.39 is 5.97 Å². The van der Waals surface area contributed by atoms with Gasteiger partial charge in [-0.15, -0.1) is 0 Å². The average Bonchev–Trinajstić information content (AvgIpc) is 1.61. The van der Waals surface area contributed by atoms with E-state index in [-0.39, 0.29) is 4.58 Å². The van der Waals surface area contributed by atoms with E-state index in [1.54, 1.807) is 0 Å². The van der Waals surface area contributed by atoms with Crippen LogP contribution in [0.25, 0.3) is 0 Å². The highest BCUT2D eigenvalue weighted by Gasteiger charge is 1.99. The van der Waals surface area contributed by atoms with Gasteiger partial charge >= 0.3 is 5.97 Å². The van der Waals surface area contributed by atoms with E-state index in [0.29, 0.717) is 6.42 Å². The number of thiol groups is 2. The van der Waals surface area contributed by atoms with Crippen molar-refractivity contribution in [3.8, 4) is 0 Å². The highest BCUT2D eigenvalue weighted by molar-refractivity contribution is 7.99. The summed E-state index contributed by atoms with van der Waals surface area (Å²) in [5.41, 5.74) is 0. The summed E-state index contributed by atoms with van der Waals surface area (Å²) >= 11 is 7.68. The summed E-state index contributed by atoms with van der Waals surface area (Å²) < 4.78 is -0.161. The zero-order chi connectivity index (χ0) is 6.57. The van der Waals surface area contributed by atoms with Crippen molar-refractivity contribution < 1.29 is 9.90 Å². The molecule has 1 radical (unpaired) electrons. The van der Waals surface area contributed by atoms with Crippen molar-refractivity contribution in [2.24, 2.45) is 0 Å². The number of carboxylic acid groups (broad SMARTS) is 1. The van der Waals surface area contributed by atoms with Crippen molar-refractivity contribution >= 4 is 31.2 Å². The van der Waals surface area contributed by atoms with Crippen LogP contribution in [0.2, 0.25) is 0 Å². The van der Waals surface area contributed by atoms with E-state index >= 15 is 0 Å². The maximum atomic E-state index is 9.78. The number of rotatable bonds is 3. The van der Waals surface area contributed by atoms with Crippen LogP contribution in [0, 0.1) is 6.42 Å². The zero-order valence-corrected chi connectivity index (χ0v) is 5.90. The molecule has 0 fully saturated rings. The number of carbonyl (C=O) groups is 1. The van der Waals surface area contributed by atoms with Crippen molar-refractivity contribution in [2.75, 3.05) is 0 Å². The van der Waals surface area contributed by atoms with Gasteiger partial charge in [-0.2, -0.15) is 25.3 Å². The third-order valence-corrected chi connectivity index (χ3v) is 0.925. The van der Waals surface area contributed by atoms with Gasteiger partial charge in [0.2, 0.25) is 0 Å². The molecule has 0 saturated heterocycles. The maximum absolute atomic E-state index is 9.78. The molecule has 47 valence electrons. The molecule has 0 aliphatic rings. The summed E-state index contributed by atoms with van der Waals surface area (Å²) in [5.74, 6) is -0.918. The Kier molecular flexibility index (Phi) is 4.18. The lowest BCUT2D eigenvalue weighted by atomic mass is 10.3. The molecule has 0 atom stereocenters. The normalized spacial score (nSPS) is 9.88. The van der Waals surface area contributed by atoms with Crippen LogP contribution in [-0.4, -0.2) is 15.7 Å². The lowest BCUT2D eigenvalue weighted by Crippen LogP contribution is -1.98. The van der Waals surface area contributed by atoms with E-state index in [1.807, 2.05) is 0 Å². The van der Waals surface area contributed by atoms with Crippen LogP contribution in [0.1, 0.15) is 6.42 Å². The lowest BCUT2D eigenvalue weighted by molar-refractivity contribution is -0.133. The molecule has 0 aliphatic carbocycles. The van der Waals surface area contributed by atoms with Crippen LogP contribution in [0.3, 0.4) is 0 Å². The topological polar surface area (TPSA) is 37.3 Å². The van der Waals surface area contributed by atoms with Gasteiger partial charge in [0, 0.05) is 4.58 Å². The summed E-state index contributed by atoms with van der Waals surface area (Å²) in [5, 5.41) is 8.04. The molecule has 0 saturated carbocycles. The Labute approximate surface area is 59.1 Å². The van der Waals surface area contributed by atoms with E-state index in [9.17, 15) is 4.79 Å². The number of hydrogen-bond acceptors (Lipinski definition) is 3. The molecule has 8 heavy (non-hydrogen) atoms. The molecule has 4 heteroatoms. The summed E-state index contributed by atoms with van der Waals surface area (Å²) in [6.45, 7) is 0. The fraction of sp³-hybridized carbons (Fsp3) is 0.500. The van der Waals surface area contributed by atoms with Gasteiger partial charge in [0.15, 0.2) is 0 Å². The molecule has 0 aromatic heterocycles. The number of aliphatic carboxylic acids is 1. The smallest absolute Gasteiger partial charge is 0.307 e. The third kappa shape index (κ3) is 6.17. The van der Waals surface area contributed by atoms with E-state index in [2.05, 4.69) is 25.3 Å². The molecule has 0 bridgehead atoms. The summed E-state index contributed by atoms with van der Waals surface area (Å²) in [7, 11) is 0. The average molecular weight is 151 g/mol. The molecule has 2 nitrogen and oxygen atoms in total. The van der Waals surface area contributed by atoms with Gasteiger partial charge in [0.25, 0.3) is 0 Å². The predicted molar refractivity (Wildman–Crippen MR) is 38.3 cm³/mol. The first-order valence-corrected chi connectivity index (χ1v) is 3.08. The molecule has 0 rings (SSSR count). The van der Waals surface area contributed by atoms with E-state index in [1.165, 1.54) is 0 Å². The van der Waals surface area contributed by atoms with Gasteiger partial charge in [-0.1, -0.05) is 0 Å². The van der Waals surface area contributed by atoms with Crippen molar-refractivity contribution in [1.29, 1.82) is 0 Å². The Morgan fingerprint density at radius 3 is 2.38 bits per heavy atom. The van der Waals surface area contributed by atoms with Gasteiger partial charge in [-0.3, -0.25) is 4.79 Å². The zero-order valence-electron chi connectivity index (χ0n) is 4.11. The highest BCUT2D eigenvalue weighted by atomic mass is 32.2. The molecule has 0 aliphatic heterocycles. The van der Waals surface area contributed by atoms with Crippen molar-refractivity contribution in [2.45, 2.75) is 11.0 Å². The predicted octanol–water partition coefficient (Wildman–Crippen LogP) is 0.851. The minimum absolute atomic E-state index is 0.161. The Balaban J connectivity index is 3.05. The quantitative estimate of drug-likeness (QED) is 0.413. The van der Waals surface area contributed by atoms with Crippen LogP contribution in [0.15, 0.2) is 0 Å². The van der Waals surface area contributed by atoms with Gasteiger partial charge in [-0.05, 0) is 6.42 Å². The molecule has 0 unspecified atom stereocenters. The largest absolute Gasteiger partial charge is 0.481 e. The Bertz CT molecular complexity index is 82.1. The fourth-order valence-corrected chi connectivity index (χ4v) is 0.417. The lowest BCUT2D eigenvalue weighted by Gasteiger charge is -1.95. The standard InChI is InChI=1S/C4H7O2S2/c5-3(6)1-2-4(7)8/h1,4,7-8H,2H2,(H,5,6). The van der Waals surface area contributed by atoms with Crippen molar-refractivity contribution in [3.05, 3.63) is 6.42 Å². The summed E-state index contributed by atoms with van der Waals surface area (Å²) in [4.78, 5) is 9.78. The summed E-state index contributed by atoms with van der Waals surface area (Å²) in [6, 6.07) is 0. The second kappa shape index (κ2) is 4.09. The van der Waals surface area contributed by atoms with Gasteiger partial charge < -0.3 is 5.11 Å². The molecule has 0 aromatic carbocycles. The van der Waals surface area contributed by atoms with Crippen LogP contribution in [-0.2, 0) is 4.79 Å². The minimum atomic E-state index is -0.918.